The van der Waals surface area contributed by atoms with Gasteiger partial charge < -0.3 is 10.2 Å². The van der Waals surface area contributed by atoms with Crippen LogP contribution in [-0.4, -0.2) is 9.91 Å². The Morgan fingerprint density at radius 2 is 2.40 bits per heavy atom. The Balaban J connectivity index is 2.32. The van der Waals surface area contributed by atoms with E-state index in [1.54, 1.807) is 6.07 Å². The molecule has 0 amide bonds. The molecule has 2 aromatic heterocycles. The van der Waals surface area contributed by atoms with E-state index in [0.717, 1.165) is 11.3 Å². The fourth-order valence-corrected chi connectivity index (χ4v) is 1.81. The maximum absolute atomic E-state index is 10.5. The monoisotopic (exact) mass is 225 g/mol. The van der Waals surface area contributed by atoms with E-state index in [-0.39, 0.29) is 11.5 Å². The maximum atomic E-state index is 10.5. The summed E-state index contributed by atoms with van der Waals surface area (Å²) in [5.41, 5.74) is 5.99. The van der Waals surface area contributed by atoms with Gasteiger partial charge in [-0.2, -0.15) is 0 Å². The fourth-order valence-electron chi connectivity index (χ4n) is 1.05. The topological polar surface area (TPSA) is 95.2 Å². The summed E-state index contributed by atoms with van der Waals surface area (Å²) in [6.07, 6.45) is 1.45. The largest absolute Gasteiger partial charge is 0.444 e. The average molecular weight is 225 g/mol. The van der Waals surface area contributed by atoms with Gasteiger partial charge in [0.1, 0.15) is 6.26 Å². The second-order valence-corrected chi connectivity index (χ2v) is 3.81. The van der Waals surface area contributed by atoms with Gasteiger partial charge in [-0.25, -0.2) is 4.98 Å². The van der Waals surface area contributed by atoms with Gasteiger partial charge in [-0.15, -0.1) is 0 Å². The van der Waals surface area contributed by atoms with Gasteiger partial charge in [-0.1, -0.05) is 11.3 Å². The van der Waals surface area contributed by atoms with Crippen molar-refractivity contribution < 1.29 is 9.34 Å². The highest BCUT2D eigenvalue weighted by molar-refractivity contribution is 7.18. The molecule has 2 N–H and O–H groups in total. The van der Waals surface area contributed by atoms with Crippen molar-refractivity contribution >= 4 is 16.3 Å². The second-order valence-electron chi connectivity index (χ2n) is 2.74. The van der Waals surface area contributed by atoms with Crippen LogP contribution in [-0.2, 0) is 6.54 Å². The summed E-state index contributed by atoms with van der Waals surface area (Å²) in [6, 6.07) is 3.03. The van der Waals surface area contributed by atoms with Gasteiger partial charge in [0.25, 0.3) is 0 Å². The first kappa shape index (κ1) is 9.81. The molecule has 0 fully saturated rings. The third-order valence-corrected chi connectivity index (χ3v) is 2.77. The Labute approximate surface area is 88.5 Å². The molecule has 2 heterocycles. The normalized spacial score (nSPS) is 10.5. The highest BCUT2D eigenvalue weighted by Crippen LogP contribution is 2.31. The lowest BCUT2D eigenvalue weighted by Gasteiger charge is -1.85. The third kappa shape index (κ3) is 1.88. The number of hydrogen-bond acceptors (Lipinski definition) is 6. The van der Waals surface area contributed by atoms with Crippen LogP contribution < -0.4 is 5.73 Å². The Morgan fingerprint density at radius 3 is 2.93 bits per heavy atom. The summed E-state index contributed by atoms with van der Waals surface area (Å²) in [5, 5.41) is 10.5. The van der Waals surface area contributed by atoms with Crippen LogP contribution >= 0.6 is 11.3 Å². The first-order valence-electron chi connectivity index (χ1n) is 4.10. The Morgan fingerprint density at radius 1 is 1.60 bits per heavy atom. The third-order valence-electron chi connectivity index (χ3n) is 1.74. The molecule has 6 nitrogen and oxygen atoms in total. The van der Waals surface area contributed by atoms with Crippen molar-refractivity contribution in [1.29, 1.82) is 0 Å². The average Bonchev–Trinajstić information content (AvgIpc) is 2.86. The summed E-state index contributed by atoms with van der Waals surface area (Å²) >= 11 is 1.02. The van der Waals surface area contributed by atoms with Gasteiger partial charge in [0.05, 0.1) is 15.5 Å². The van der Waals surface area contributed by atoms with E-state index in [9.17, 15) is 10.1 Å². The van der Waals surface area contributed by atoms with E-state index in [1.807, 2.05) is 0 Å². The van der Waals surface area contributed by atoms with Gasteiger partial charge in [0, 0.05) is 12.6 Å². The molecule has 0 aliphatic rings. The zero-order chi connectivity index (χ0) is 10.8. The summed E-state index contributed by atoms with van der Waals surface area (Å²) in [5.74, 6) is 0.369. The second kappa shape index (κ2) is 3.79. The summed E-state index contributed by atoms with van der Waals surface area (Å²) < 4.78 is 5.13. The molecule has 0 unspecified atom stereocenters. The van der Waals surface area contributed by atoms with Gasteiger partial charge in [0.15, 0.2) is 0 Å². The molecule has 15 heavy (non-hydrogen) atoms. The first-order valence-corrected chi connectivity index (χ1v) is 4.91. The molecule has 0 bridgehead atoms. The van der Waals surface area contributed by atoms with Crippen LogP contribution in [0.15, 0.2) is 22.8 Å². The minimum Gasteiger partial charge on any atom is -0.444 e. The molecular weight excluding hydrogens is 218 g/mol. The molecule has 0 aromatic carbocycles. The molecule has 2 aromatic rings. The van der Waals surface area contributed by atoms with Crippen LogP contribution in [0.3, 0.4) is 0 Å². The lowest BCUT2D eigenvalue weighted by Crippen LogP contribution is -1.95. The van der Waals surface area contributed by atoms with Crippen molar-refractivity contribution in [2.24, 2.45) is 5.73 Å². The number of rotatable bonds is 3. The molecule has 0 saturated heterocycles. The van der Waals surface area contributed by atoms with Crippen LogP contribution in [0.1, 0.15) is 5.69 Å². The van der Waals surface area contributed by atoms with E-state index in [4.69, 9.17) is 10.2 Å². The van der Waals surface area contributed by atoms with E-state index in [1.165, 1.54) is 12.3 Å². The number of nitrogens with zero attached hydrogens (tertiary/aromatic N) is 2. The molecule has 0 spiro atoms. The summed E-state index contributed by atoms with van der Waals surface area (Å²) in [7, 11) is 0. The van der Waals surface area contributed by atoms with E-state index < -0.39 is 4.92 Å². The number of thiophene rings is 1. The molecule has 0 saturated carbocycles. The van der Waals surface area contributed by atoms with Crippen LogP contribution in [0.2, 0.25) is 0 Å². The molecule has 7 heteroatoms. The van der Waals surface area contributed by atoms with Crippen molar-refractivity contribution in [1.82, 2.24) is 4.98 Å². The summed E-state index contributed by atoms with van der Waals surface area (Å²) in [4.78, 5) is 14.7. The SMILES string of the molecule is NCc1coc(-c2ccc([N+](=O)[O-])s2)n1. The Kier molecular flexibility index (Phi) is 2.48. The molecule has 78 valence electrons. The van der Waals surface area contributed by atoms with Crippen molar-refractivity contribution in [3.63, 3.8) is 0 Å². The Hall–Kier alpha value is -1.73. The Bertz CT molecular complexity index is 491. The van der Waals surface area contributed by atoms with Gasteiger partial charge >= 0.3 is 5.00 Å². The number of nitrogens with two attached hydrogens (primary N) is 1. The lowest BCUT2D eigenvalue weighted by molar-refractivity contribution is -0.380. The van der Waals surface area contributed by atoms with Crippen LogP contribution in [0, 0.1) is 10.1 Å². The quantitative estimate of drug-likeness (QED) is 0.634. The van der Waals surface area contributed by atoms with E-state index in [0.29, 0.717) is 16.5 Å². The standard InChI is InChI=1S/C8H7N3O3S/c9-3-5-4-14-8(10-5)6-1-2-7(15-6)11(12)13/h1-2,4H,3,9H2. The number of aromatic nitrogens is 1. The van der Waals surface area contributed by atoms with Crippen molar-refractivity contribution in [3.8, 4) is 10.8 Å². The highest BCUT2D eigenvalue weighted by atomic mass is 32.1. The minimum absolute atomic E-state index is 0.0671. The van der Waals surface area contributed by atoms with Crippen LogP contribution in [0.5, 0.6) is 0 Å². The zero-order valence-electron chi connectivity index (χ0n) is 7.54. The molecule has 0 aliphatic carbocycles. The minimum atomic E-state index is -0.444. The van der Waals surface area contributed by atoms with E-state index in [2.05, 4.69) is 4.98 Å². The first-order chi connectivity index (χ1) is 7.20. The van der Waals surface area contributed by atoms with Crippen molar-refractivity contribution in [3.05, 3.63) is 34.2 Å². The van der Waals surface area contributed by atoms with Crippen LogP contribution in [0.25, 0.3) is 10.8 Å². The number of hydrogen-bond donors (Lipinski definition) is 1. The molecule has 0 aliphatic heterocycles. The zero-order valence-corrected chi connectivity index (χ0v) is 8.36. The van der Waals surface area contributed by atoms with Crippen LogP contribution in [0.4, 0.5) is 5.00 Å². The highest BCUT2D eigenvalue weighted by Gasteiger charge is 2.14. The lowest BCUT2D eigenvalue weighted by atomic mass is 10.4. The number of nitro groups is 1. The molecule has 0 radical (unpaired) electrons. The molecular formula is C8H7N3O3S. The fraction of sp³-hybridized carbons (Fsp3) is 0.125. The predicted octanol–water partition coefficient (Wildman–Crippen LogP) is 1.77. The number of oxazole rings is 1. The maximum Gasteiger partial charge on any atom is 0.324 e. The molecule has 2 rings (SSSR count). The van der Waals surface area contributed by atoms with Gasteiger partial charge in [-0.3, -0.25) is 10.1 Å². The van der Waals surface area contributed by atoms with Crippen molar-refractivity contribution in [2.75, 3.05) is 0 Å². The van der Waals surface area contributed by atoms with Gasteiger partial charge in [-0.05, 0) is 6.07 Å². The van der Waals surface area contributed by atoms with E-state index >= 15 is 0 Å². The van der Waals surface area contributed by atoms with Gasteiger partial charge in [0.2, 0.25) is 5.89 Å². The predicted molar refractivity (Wildman–Crippen MR) is 54.4 cm³/mol. The van der Waals surface area contributed by atoms with Crippen molar-refractivity contribution in [2.45, 2.75) is 6.54 Å². The smallest absolute Gasteiger partial charge is 0.324 e. The summed E-state index contributed by atoms with van der Waals surface area (Å²) in [6.45, 7) is 0.289. The molecule has 0 atom stereocenters.